The fourth-order valence-electron chi connectivity index (χ4n) is 1.13. The van der Waals surface area contributed by atoms with Crippen molar-refractivity contribution in [3.05, 3.63) is 27.9 Å². The zero-order chi connectivity index (χ0) is 8.97. The van der Waals surface area contributed by atoms with Crippen LogP contribution < -0.4 is 10.9 Å². The zero-order valence-electron chi connectivity index (χ0n) is 7.35. The van der Waals surface area contributed by atoms with E-state index in [-0.39, 0.29) is 5.56 Å². The molecule has 0 bridgehead atoms. The molecule has 1 aromatic rings. The topological polar surface area (TPSA) is 57.8 Å². The largest absolute Gasteiger partial charge is 0.315 e. The molecule has 4 nitrogen and oxygen atoms in total. The molecule has 0 spiro atoms. The van der Waals surface area contributed by atoms with Crippen LogP contribution in [-0.4, -0.2) is 17.0 Å². The Kier molecular flexibility index (Phi) is 2.99. The molecule has 66 valence electrons. The maximum Gasteiger partial charge on any atom is 0.255 e. The van der Waals surface area contributed by atoms with Gasteiger partial charge in [0.1, 0.15) is 0 Å². The molecule has 0 atom stereocenters. The molecule has 0 fully saturated rings. The summed E-state index contributed by atoms with van der Waals surface area (Å²) in [6.45, 7) is 2.56. The molecular formula is C8H13N3O. The standard InChI is InChI=1S/C8H13N3O/c1-3-7-6(4-9-2)8(12)11-5-10-7/h5,9H,3-4H2,1-2H3,(H,10,11,12). The van der Waals surface area contributed by atoms with Crippen LogP contribution in [0.4, 0.5) is 0 Å². The summed E-state index contributed by atoms with van der Waals surface area (Å²) in [4.78, 5) is 17.9. The van der Waals surface area contributed by atoms with E-state index in [1.165, 1.54) is 6.33 Å². The van der Waals surface area contributed by atoms with E-state index < -0.39 is 0 Å². The lowest BCUT2D eigenvalue weighted by atomic mass is 10.2. The summed E-state index contributed by atoms with van der Waals surface area (Å²) in [5, 5.41) is 2.94. The molecule has 12 heavy (non-hydrogen) atoms. The second-order valence-electron chi connectivity index (χ2n) is 2.54. The minimum Gasteiger partial charge on any atom is -0.315 e. The Balaban J connectivity index is 3.11. The SMILES string of the molecule is CCc1nc[nH]c(=O)c1CNC. The maximum atomic E-state index is 11.3. The van der Waals surface area contributed by atoms with E-state index in [1.54, 1.807) is 0 Å². The average molecular weight is 167 g/mol. The summed E-state index contributed by atoms with van der Waals surface area (Å²) < 4.78 is 0. The third-order valence-electron chi connectivity index (χ3n) is 1.73. The van der Waals surface area contributed by atoms with Gasteiger partial charge < -0.3 is 10.3 Å². The van der Waals surface area contributed by atoms with Crippen molar-refractivity contribution in [2.75, 3.05) is 7.05 Å². The molecule has 0 aliphatic carbocycles. The lowest BCUT2D eigenvalue weighted by Crippen LogP contribution is -2.21. The summed E-state index contributed by atoms with van der Waals surface area (Å²) in [6.07, 6.45) is 2.24. The van der Waals surface area contributed by atoms with Gasteiger partial charge in [-0.3, -0.25) is 4.79 Å². The molecule has 0 saturated carbocycles. The zero-order valence-corrected chi connectivity index (χ0v) is 7.35. The monoisotopic (exact) mass is 167 g/mol. The molecule has 1 aromatic heterocycles. The van der Waals surface area contributed by atoms with Crippen molar-refractivity contribution in [3.63, 3.8) is 0 Å². The van der Waals surface area contributed by atoms with E-state index in [1.807, 2.05) is 14.0 Å². The molecule has 4 heteroatoms. The third-order valence-corrected chi connectivity index (χ3v) is 1.73. The van der Waals surface area contributed by atoms with E-state index in [0.717, 1.165) is 17.7 Å². The molecule has 2 N–H and O–H groups in total. The number of hydrogen-bond acceptors (Lipinski definition) is 3. The average Bonchev–Trinajstić information content (AvgIpc) is 2.09. The Morgan fingerprint density at radius 1 is 1.67 bits per heavy atom. The van der Waals surface area contributed by atoms with Crippen LogP contribution in [0.2, 0.25) is 0 Å². The summed E-state index contributed by atoms with van der Waals surface area (Å²) in [7, 11) is 1.81. The first-order chi connectivity index (χ1) is 5.79. The summed E-state index contributed by atoms with van der Waals surface area (Å²) in [5.74, 6) is 0. The van der Waals surface area contributed by atoms with Crippen molar-refractivity contribution in [1.29, 1.82) is 0 Å². The normalized spacial score (nSPS) is 10.2. The minimum absolute atomic E-state index is 0.0452. The van der Waals surface area contributed by atoms with Gasteiger partial charge >= 0.3 is 0 Å². The fraction of sp³-hybridized carbons (Fsp3) is 0.500. The number of aromatic nitrogens is 2. The predicted molar refractivity (Wildman–Crippen MR) is 47.0 cm³/mol. The molecule has 0 amide bonds. The molecule has 0 radical (unpaired) electrons. The predicted octanol–water partition coefficient (Wildman–Crippen LogP) is 0.0517. The van der Waals surface area contributed by atoms with Gasteiger partial charge in [-0.25, -0.2) is 4.98 Å². The van der Waals surface area contributed by atoms with Crippen LogP contribution in [-0.2, 0) is 13.0 Å². The number of aromatic amines is 1. The highest BCUT2D eigenvalue weighted by atomic mass is 16.1. The van der Waals surface area contributed by atoms with Gasteiger partial charge in [0, 0.05) is 6.54 Å². The van der Waals surface area contributed by atoms with Crippen molar-refractivity contribution < 1.29 is 0 Å². The highest BCUT2D eigenvalue weighted by Gasteiger charge is 2.04. The number of H-pyrrole nitrogens is 1. The van der Waals surface area contributed by atoms with Gasteiger partial charge in [0.25, 0.3) is 5.56 Å². The van der Waals surface area contributed by atoms with Crippen LogP contribution in [0.3, 0.4) is 0 Å². The molecule has 0 aliphatic heterocycles. The first-order valence-corrected chi connectivity index (χ1v) is 3.99. The smallest absolute Gasteiger partial charge is 0.255 e. The summed E-state index contributed by atoms with van der Waals surface area (Å²) >= 11 is 0. The Morgan fingerprint density at radius 3 is 3.00 bits per heavy atom. The fourth-order valence-corrected chi connectivity index (χ4v) is 1.13. The van der Waals surface area contributed by atoms with Crippen LogP contribution in [0.1, 0.15) is 18.2 Å². The number of nitrogens with zero attached hydrogens (tertiary/aromatic N) is 1. The van der Waals surface area contributed by atoms with Crippen LogP contribution in [0.15, 0.2) is 11.1 Å². The van der Waals surface area contributed by atoms with Crippen molar-refractivity contribution in [2.45, 2.75) is 19.9 Å². The highest BCUT2D eigenvalue weighted by Crippen LogP contribution is 1.98. The minimum atomic E-state index is -0.0452. The van der Waals surface area contributed by atoms with E-state index in [0.29, 0.717) is 6.54 Å². The van der Waals surface area contributed by atoms with E-state index >= 15 is 0 Å². The summed E-state index contributed by atoms with van der Waals surface area (Å²) in [5.41, 5.74) is 1.56. The van der Waals surface area contributed by atoms with Crippen molar-refractivity contribution in [1.82, 2.24) is 15.3 Å². The van der Waals surface area contributed by atoms with Gasteiger partial charge in [0.2, 0.25) is 0 Å². The van der Waals surface area contributed by atoms with Crippen LogP contribution in [0.5, 0.6) is 0 Å². The Morgan fingerprint density at radius 2 is 2.42 bits per heavy atom. The number of aryl methyl sites for hydroxylation is 1. The third kappa shape index (κ3) is 1.71. The van der Waals surface area contributed by atoms with E-state index in [2.05, 4.69) is 15.3 Å². The molecule has 0 aliphatic rings. The van der Waals surface area contributed by atoms with Gasteiger partial charge in [-0.15, -0.1) is 0 Å². The van der Waals surface area contributed by atoms with E-state index in [9.17, 15) is 4.79 Å². The molecule has 0 aromatic carbocycles. The van der Waals surface area contributed by atoms with E-state index in [4.69, 9.17) is 0 Å². The molecular weight excluding hydrogens is 154 g/mol. The van der Waals surface area contributed by atoms with Gasteiger partial charge in [-0.1, -0.05) is 6.92 Å². The first-order valence-electron chi connectivity index (χ1n) is 3.99. The number of nitrogens with one attached hydrogen (secondary N) is 2. The lowest BCUT2D eigenvalue weighted by molar-refractivity contribution is 0.774. The molecule has 0 saturated heterocycles. The Labute approximate surface area is 71.0 Å². The van der Waals surface area contributed by atoms with Gasteiger partial charge in [0.05, 0.1) is 17.6 Å². The Bertz CT molecular complexity index is 305. The van der Waals surface area contributed by atoms with Crippen LogP contribution in [0.25, 0.3) is 0 Å². The second-order valence-corrected chi connectivity index (χ2v) is 2.54. The molecule has 1 rings (SSSR count). The Hall–Kier alpha value is -1.16. The van der Waals surface area contributed by atoms with Crippen LogP contribution in [0, 0.1) is 0 Å². The molecule has 1 heterocycles. The second kappa shape index (κ2) is 4.01. The van der Waals surface area contributed by atoms with Crippen molar-refractivity contribution >= 4 is 0 Å². The maximum absolute atomic E-state index is 11.3. The van der Waals surface area contributed by atoms with Crippen LogP contribution >= 0.6 is 0 Å². The number of rotatable bonds is 3. The van der Waals surface area contributed by atoms with Gasteiger partial charge in [-0.2, -0.15) is 0 Å². The van der Waals surface area contributed by atoms with Crippen molar-refractivity contribution in [2.24, 2.45) is 0 Å². The van der Waals surface area contributed by atoms with Gasteiger partial charge in [0.15, 0.2) is 0 Å². The quantitative estimate of drug-likeness (QED) is 0.669. The van der Waals surface area contributed by atoms with Crippen molar-refractivity contribution in [3.8, 4) is 0 Å². The molecule has 0 unspecified atom stereocenters. The first kappa shape index (κ1) is 8.93. The number of hydrogen-bond donors (Lipinski definition) is 2. The van der Waals surface area contributed by atoms with Gasteiger partial charge in [-0.05, 0) is 13.5 Å². The lowest BCUT2D eigenvalue weighted by Gasteiger charge is -2.03. The summed E-state index contributed by atoms with van der Waals surface area (Å²) in [6, 6.07) is 0. The highest BCUT2D eigenvalue weighted by molar-refractivity contribution is 5.15.